The fourth-order valence-corrected chi connectivity index (χ4v) is 5.30. The van der Waals surface area contributed by atoms with E-state index < -0.39 is 0 Å². The van der Waals surface area contributed by atoms with Gasteiger partial charge in [0.25, 0.3) is 0 Å². The van der Waals surface area contributed by atoms with Crippen LogP contribution in [0.1, 0.15) is 44.0 Å². The second kappa shape index (κ2) is 7.09. The highest BCUT2D eigenvalue weighted by Crippen LogP contribution is 2.42. The molecular formula is C20H29N5O2. The van der Waals surface area contributed by atoms with E-state index in [2.05, 4.69) is 27.0 Å². The second-order valence-electron chi connectivity index (χ2n) is 8.35. The molecule has 3 aliphatic heterocycles. The Morgan fingerprint density at radius 2 is 2.07 bits per heavy atom. The van der Waals surface area contributed by atoms with E-state index >= 15 is 0 Å². The number of anilines is 1. The summed E-state index contributed by atoms with van der Waals surface area (Å²) in [4.78, 5) is 37.8. The van der Waals surface area contributed by atoms with Crippen molar-refractivity contribution < 1.29 is 9.59 Å². The minimum atomic E-state index is -0.0342. The molecule has 2 bridgehead atoms. The third-order valence-electron chi connectivity index (χ3n) is 6.42. The van der Waals surface area contributed by atoms with Crippen molar-refractivity contribution in [3.63, 3.8) is 0 Å². The highest BCUT2D eigenvalue weighted by atomic mass is 16.2. The summed E-state index contributed by atoms with van der Waals surface area (Å²) in [5.74, 6) is 2.85. The molecule has 4 heterocycles. The lowest BCUT2D eigenvalue weighted by molar-refractivity contribution is -0.149. The molecule has 0 aromatic carbocycles. The topological polar surface area (TPSA) is 78.4 Å². The molecule has 0 saturated carbocycles. The predicted octanol–water partition coefficient (Wildman–Crippen LogP) is 1.44. The Hall–Kier alpha value is -2.18. The van der Waals surface area contributed by atoms with Gasteiger partial charge in [0.05, 0.1) is 6.04 Å². The van der Waals surface area contributed by atoms with E-state index in [4.69, 9.17) is 4.98 Å². The van der Waals surface area contributed by atoms with Crippen LogP contribution >= 0.6 is 0 Å². The molecule has 2 amide bonds. The third kappa shape index (κ3) is 3.39. The average molecular weight is 371 g/mol. The number of aryl methyl sites for hydroxylation is 2. The highest BCUT2D eigenvalue weighted by Gasteiger charge is 2.49. The van der Waals surface area contributed by atoms with Crippen molar-refractivity contribution in [1.29, 1.82) is 0 Å². The number of hydrogen-bond acceptors (Lipinski definition) is 5. The van der Waals surface area contributed by atoms with Gasteiger partial charge in [-0.25, -0.2) is 9.97 Å². The zero-order valence-electron chi connectivity index (χ0n) is 16.4. The zero-order chi connectivity index (χ0) is 19.1. The number of nitrogens with zero attached hydrogens (tertiary/aromatic N) is 4. The molecule has 3 saturated heterocycles. The highest BCUT2D eigenvalue weighted by molar-refractivity contribution is 5.78. The summed E-state index contributed by atoms with van der Waals surface area (Å²) < 4.78 is 0. The summed E-state index contributed by atoms with van der Waals surface area (Å²) in [6.45, 7) is 7.88. The molecule has 0 radical (unpaired) electrons. The van der Waals surface area contributed by atoms with Crippen LogP contribution in [0.2, 0.25) is 0 Å². The van der Waals surface area contributed by atoms with Gasteiger partial charge in [-0.1, -0.05) is 0 Å². The van der Waals surface area contributed by atoms with Crippen LogP contribution in [0, 0.1) is 25.7 Å². The Kier molecular flexibility index (Phi) is 4.78. The first-order valence-corrected chi connectivity index (χ1v) is 10.0. The SMILES string of the molecule is CC(=O)NC[C@H]1[C@H]2C[C@H](CN(c3nc(C)ncc3C)C2)[C@@H]2CCCC(=O)N21. The van der Waals surface area contributed by atoms with Gasteiger partial charge in [-0.05, 0) is 44.9 Å². The maximum Gasteiger partial charge on any atom is 0.223 e. The normalized spacial score (nSPS) is 30.1. The van der Waals surface area contributed by atoms with Crippen LogP contribution in [-0.2, 0) is 9.59 Å². The van der Waals surface area contributed by atoms with E-state index in [1.54, 1.807) is 6.92 Å². The number of nitrogens with one attached hydrogen (secondary N) is 1. The smallest absolute Gasteiger partial charge is 0.223 e. The molecule has 1 aromatic heterocycles. The molecule has 4 rings (SSSR count). The quantitative estimate of drug-likeness (QED) is 0.870. The molecule has 1 aromatic rings. The van der Waals surface area contributed by atoms with E-state index in [0.29, 0.717) is 24.8 Å². The van der Waals surface area contributed by atoms with Gasteiger partial charge in [-0.15, -0.1) is 0 Å². The summed E-state index contributed by atoms with van der Waals surface area (Å²) in [5.41, 5.74) is 1.09. The fourth-order valence-electron chi connectivity index (χ4n) is 5.30. The Morgan fingerprint density at radius 3 is 2.85 bits per heavy atom. The molecule has 0 spiro atoms. The minimum Gasteiger partial charge on any atom is -0.356 e. The number of piperidine rings is 3. The molecule has 3 aliphatic rings. The number of fused-ring (bicyclic) bond motifs is 4. The first kappa shape index (κ1) is 18.2. The third-order valence-corrected chi connectivity index (χ3v) is 6.42. The number of hydrogen-bond donors (Lipinski definition) is 1. The lowest BCUT2D eigenvalue weighted by atomic mass is 9.72. The summed E-state index contributed by atoms with van der Waals surface area (Å²) in [5, 5.41) is 2.97. The molecule has 7 heteroatoms. The maximum absolute atomic E-state index is 12.7. The second-order valence-corrected chi connectivity index (χ2v) is 8.35. The maximum atomic E-state index is 12.7. The lowest BCUT2D eigenvalue weighted by Gasteiger charge is -2.56. The molecule has 0 aliphatic carbocycles. The molecule has 4 atom stereocenters. The first-order valence-electron chi connectivity index (χ1n) is 10.0. The average Bonchev–Trinajstić information content (AvgIpc) is 2.63. The molecule has 7 nitrogen and oxygen atoms in total. The van der Waals surface area contributed by atoms with Crippen molar-refractivity contribution in [2.75, 3.05) is 24.5 Å². The summed E-state index contributed by atoms with van der Waals surface area (Å²) in [7, 11) is 0. The Bertz CT molecular complexity index is 752. The van der Waals surface area contributed by atoms with Crippen LogP contribution < -0.4 is 10.2 Å². The fraction of sp³-hybridized carbons (Fsp3) is 0.700. The van der Waals surface area contributed by atoms with Gasteiger partial charge >= 0.3 is 0 Å². The minimum absolute atomic E-state index is 0.0342. The number of aromatic nitrogens is 2. The van der Waals surface area contributed by atoms with Gasteiger partial charge in [-0.3, -0.25) is 9.59 Å². The van der Waals surface area contributed by atoms with Gasteiger partial charge < -0.3 is 15.1 Å². The van der Waals surface area contributed by atoms with Crippen molar-refractivity contribution in [2.24, 2.45) is 11.8 Å². The van der Waals surface area contributed by atoms with Crippen LogP contribution in [0.15, 0.2) is 6.20 Å². The predicted molar refractivity (Wildman–Crippen MR) is 102 cm³/mol. The van der Waals surface area contributed by atoms with Crippen molar-refractivity contribution in [2.45, 2.75) is 58.5 Å². The molecular weight excluding hydrogens is 342 g/mol. The van der Waals surface area contributed by atoms with Crippen LogP contribution in [0.4, 0.5) is 5.82 Å². The van der Waals surface area contributed by atoms with Crippen molar-refractivity contribution in [1.82, 2.24) is 20.2 Å². The van der Waals surface area contributed by atoms with Gasteiger partial charge in [-0.2, -0.15) is 0 Å². The monoisotopic (exact) mass is 371 g/mol. The van der Waals surface area contributed by atoms with Crippen LogP contribution in [0.3, 0.4) is 0 Å². The molecule has 1 N–H and O–H groups in total. The lowest BCUT2D eigenvalue weighted by Crippen LogP contribution is -2.67. The van der Waals surface area contributed by atoms with Gasteiger partial charge in [0.2, 0.25) is 11.8 Å². The number of carbonyl (C=O) groups excluding carboxylic acids is 2. The van der Waals surface area contributed by atoms with Crippen LogP contribution in [-0.4, -0.2) is 58.4 Å². The Labute approximate surface area is 160 Å². The van der Waals surface area contributed by atoms with Crippen molar-refractivity contribution in [3.8, 4) is 0 Å². The van der Waals surface area contributed by atoms with E-state index in [-0.39, 0.29) is 23.9 Å². The molecule has 0 unspecified atom stereocenters. The number of amides is 2. The molecule has 27 heavy (non-hydrogen) atoms. The van der Waals surface area contributed by atoms with E-state index in [1.165, 1.54) is 0 Å². The van der Waals surface area contributed by atoms with Gasteiger partial charge in [0.15, 0.2) is 0 Å². The van der Waals surface area contributed by atoms with Crippen molar-refractivity contribution in [3.05, 3.63) is 17.6 Å². The summed E-state index contributed by atoms with van der Waals surface area (Å²) >= 11 is 0. The summed E-state index contributed by atoms with van der Waals surface area (Å²) in [6, 6.07) is 0.362. The molecule has 146 valence electrons. The standard InChI is InChI=1S/C20H29N5O2/c1-12-8-21-13(2)23-20(12)24-10-15-7-16(11-24)18(9-22-14(3)26)25-17(15)5-4-6-19(25)27/h8,15-18H,4-7,9-11H2,1-3H3,(H,22,26)/t15-,16+,17+,18+/m1/s1. The van der Waals surface area contributed by atoms with Gasteiger partial charge in [0, 0.05) is 50.8 Å². The Morgan fingerprint density at radius 1 is 1.30 bits per heavy atom. The summed E-state index contributed by atoms with van der Waals surface area (Å²) in [6.07, 6.45) is 5.70. The van der Waals surface area contributed by atoms with Crippen molar-refractivity contribution >= 4 is 17.6 Å². The first-order chi connectivity index (χ1) is 12.9. The number of rotatable bonds is 3. The zero-order valence-corrected chi connectivity index (χ0v) is 16.4. The Balaban J connectivity index is 1.64. The molecule has 3 fully saturated rings. The van der Waals surface area contributed by atoms with Crippen LogP contribution in [0.5, 0.6) is 0 Å². The van der Waals surface area contributed by atoms with E-state index in [9.17, 15) is 9.59 Å². The van der Waals surface area contributed by atoms with Crippen LogP contribution in [0.25, 0.3) is 0 Å². The largest absolute Gasteiger partial charge is 0.356 e. The van der Waals surface area contributed by atoms with E-state index in [0.717, 1.165) is 49.6 Å². The number of carbonyl (C=O) groups is 2. The van der Waals surface area contributed by atoms with E-state index in [1.807, 2.05) is 13.1 Å². The van der Waals surface area contributed by atoms with Gasteiger partial charge in [0.1, 0.15) is 11.6 Å².